The minimum absolute atomic E-state index is 0.0198. The van der Waals surface area contributed by atoms with Crippen molar-refractivity contribution in [3.63, 3.8) is 0 Å². The first-order valence-electron chi connectivity index (χ1n) is 5.61. The summed E-state index contributed by atoms with van der Waals surface area (Å²) in [6, 6.07) is 1.90. The van der Waals surface area contributed by atoms with E-state index in [2.05, 4.69) is 31.1 Å². The lowest BCUT2D eigenvalue weighted by Gasteiger charge is -2.22. The van der Waals surface area contributed by atoms with Gasteiger partial charge in [-0.15, -0.1) is 0 Å². The van der Waals surface area contributed by atoms with Crippen LogP contribution in [0.2, 0.25) is 0 Å². The molecule has 0 spiro atoms. The van der Waals surface area contributed by atoms with Crippen molar-refractivity contribution in [2.45, 2.75) is 46.6 Å². The molecular weight excluding hydrogens is 200 g/mol. The number of pyridine rings is 1. The summed E-state index contributed by atoms with van der Waals surface area (Å²) in [6.45, 7) is 10.1. The fourth-order valence-electron chi connectivity index (χ4n) is 1.42. The molecule has 3 nitrogen and oxygen atoms in total. The van der Waals surface area contributed by atoms with Crippen molar-refractivity contribution in [2.75, 3.05) is 5.32 Å². The van der Waals surface area contributed by atoms with Gasteiger partial charge in [0.15, 0.2) is 5.78 Å². The standard InChI is InChI=1S/C13H20N2O/c1-6-11(16)10-7-9(2)12(14-8-10)15-13(3,4)5/h7-8H,6H2,1-5H3,(H,14,15). The highest BCUT2D eigenvalue weighted by atomic mass is 16.1. The zero-order valence-electron chi connectivity index (χ0n) is 10.7. The van der Waals surface area contributed by atoms with Crippen molar-refractivity contribution in [3.05, 3.63) is 23.4 Å². The SMILES string of the molecule is CCC(=O)c1cnc(NC(C)(C)C)c(C)c1. The van der Waals surface area contributed by atoms with Crippen LogP contribution in [0.1, 0.15) is 50.0 Å². The van der Waals surface area contributed by atoms with Gasteiger partial charge in [-0.2, -0.15) is 0 Å². The predicted molar refractivity (Wildman–Crippen MR) is 67.0 cm³/mol. The van der Waals surface area contributed by atoms with E-state index in [-0.39, 0.29) is 11.3 Å². The molecular formula is C13H20N2O. The molecule has 1 N–H and O–H groups in total. The number of hydrogen-bond donors (Lipinski definition) is 1. The molecule has 0 aliphatic heterocycles. The van der Waals surface area contributed by atoms with Gasteiger partial charge < -0.3 is 5.32 Å². The maximum Gasteiger partial charge on any atom is 0.164 e. The number of ketones is 1. The Morgan fingerprint density at radius 1 is 1.44 bits per heavy atom. The molecule has 0 saturated heterocycles. The van der Waals surface area contributed by atoms with E-state index in [4.69, 9.17) is 0 Å². The number of Topliss-reactive ketones (excluding diaryl/α,β-unsaturated/α-hetero) is 1. The van der Waals surface area contributed by atoms with Gasteiger partial charge in [-0.3, -0.25) is 4.79 Å². The van der Waals surface area contributed by atoms with Crippen molar-refractivity contribution in [2.24, 2.45) is 0 Å². The van der Waals surface area contributed by atoms with Crippen LogP contribution in [0.4, 0.5) is 5.82 Å². The first-order chi connectivity index (χ1) is 7.33. The molecule has 0 atom stereocenters. The van der Waals surface area contributed by atoms with Gasteiger partial charge in [-0.25, -0.2) is 4.98 Å². The Kier molecular flexibility index (Phi) is 3.68. The number of anilines is 1. The largest absolute Gasteiger partial charge is 0.365 e. The third-order valence-corrected chi connectivity index (χ3v) is 2.21. The molecule has 0 unspecified atom stereocenters. The number of hydrogen-bond acceptors (Lipinski definition) is 3. The highest BCUT2D eigenvalue weighted by molar-refractivity contribution is 5.95. The van der Waals surface area contributed by atoms with E-state index >= 15 is 0 Å². The molecule has 3 heteroatoms. The maximum absolute atomic E-state index is 11.5. The lowest BCUT2D eigenvalue weighted by molar-refractivity contribution is 0.0988. The molecule has 88 valence electrons. The van der Waals surface area contributed by atoms with Gasteiger partial charge in [0.2, 0.25) is 0 Å². The molecule has 1 rings (SSSR count). The zero-order valence-corrected chi connectivity index (χ0v) is 10.7. The summed E-state index contributed by atoms with van der Waals surface area (Å²) in [7, 11) is 0. The van der Waals surface area contributed by atoms with Gasteiger partial charge in [0.25, 0.3) is 0 Å². The third-order valence-electron chi connectivity index (χ3n) is 2.21. The van der Waals surface area contributed by atoms with E-state index in [1.54, 1.807) is 6.20 Å². The van der Waals surface area contributed by atoms with Crippen LogP contribution in [0, 0.1) is 6.92 Å². The predicted octanol–water partition coefficient (Wildman–Crippen LogP) is 3.19. The Balaban J connectivity index is 2.96. The summed E-state index contributed by atoms with van der Waals surface area (Å²) in [5.74, 6) is 0.984. The third kappa shape index (κ3) is 3.33. The second kappa shape index (κ2) is 4.64. The highest BCUT2D eigenvalue weighted by Gasteiger charge is 2.13. The average Bonchev–Trinajstić information content (AvgIpc) is 2.18. The maximum atomic E-state index is 11.5. The lowest BCUT2D eigenvalue weighted by atomic mass is 10.1. The topological polar surface area (TPSA) is 42.0 Å². The smallest absolute Gasteiger partial charge is 0.164 e. The molecule has 16 heavy (non-hydrogen) atoms. The van der Waals surface area contributed by atoms with Gasteiger partial charge in [0.1, 0.15) is 5.82 Å². The minimum Gasteiger partial charge on any atom is -0.365 e. The Labute approximate surface area is 97.3 Å². The van der Waals surface area contributed by atoms with Crippen LogP contribution < -0.4 is 5.32 Å². The second-order valence-electron chi connectivity index (χ2n) is 5.04. The van der Waals surface area contributed by atoms with Gasteiger partial charge in [-0.1, -0.05) is 6.92 Å². The highest BCUT2D eigenvalue weighted by Crippen LogP contribution is 2.18. The molecule has 0 aliphatic rings. The van der Waals surface area contributed by atoms with Crippen LogP contribution in [0.15, 0.2) is 12.3 Å². The molecule has 0 aromatic carbocycles. The fraction of sp³-hybridized carbons (Fsp3) is 0.538. The van der Waals surface area contributed by atoms with Crippen LogP contribution in [-0.4, -0.2) is 16.3 Å². The molecule has 0 amide bonds. The number of carbonyl (C=O) groups excluding carboxylic acids is 1. The molecule has 0 saturated carbocycles. The van der Waals surface area contributed by atoms with E-state index in [1.165, 1.54) is 0 Å². The van der Waals surface area contributed by atoms with E-state index < -0.39 is 0 Å². The first-order valence-corrected chi connectivity index (χ1v) is 5.61. The van der Waals surface area contributed by atoms with Crippen LogP contribution in [0.25, 0.3) is 0 Å². The minimum atomic E-state index is -0.0198. The van der Waals surface area contributed by atoms with E-state index in [0.717, 1.165) is 11.4 Å². The molecule has 0 radical (unpaired) electrons. The first kappa shape index (κ1) is 12.7. The Bertz CT molecular complexity index is 391. The Morgan fingerprint density at radius 3 is 2.50 bits per heavy atom. The summed E-state index contributed by atoms with van der Waals surface area (Å²) >= 11 is 0. The second-order valence-corrected chi connectivity index (χ2v) is 5.04. The van der Waals surface area contributed by atoms with Gasteiger partial charge >= 0.3 is 0 Å². The monoisotopic (exact) mass is 220 g/mol. The molecule has 0 fully saturated rings. The van der Waals surface area contributed by atoms with Crippen molar-refractivity contribution in [1.82, 2.24) is 4.98 Å². The van der Waals surface area contributed by atoms with Crippen LogP contribution in [0.3, 0.4) is 0 Å². The summed E-state index contributed by atoms with van der Waals surface area (Å²) in [6.07, 6.45) is 2.17. The summed E-state index contributed by atoms with van der Waals surface area (Å²) < 4.78 is 0. The van der Waals surface area contributed by atoms with Crippen molar-refractivity contribution in [1.29, 1.82) is 0 Å². The summed E-state index contributed by atoms with van der Waals surface area (Å²) in [5, 5.41) is 3.31. The molecule has 1 heterocycles. The number of nitrogens with one attached hydrogen (secondary N) is 1. The number of rotatable bonds is 3. The van der Waals surface area contributed by atoms with Gasteiger partial charge in [0.05, 0.1) is 0 Å². The normalized spacial score (nSPS) is 11.3. The Hall–Kier alpha value is -1.38. The van der Waals surface area contributed by atoms with Crippen molar-refractivity contribution in [3.8, 4) is 0 Å². The average molecular weight is 220 g/mol. The number of aryl methyl sites for hydroxylation is 1. The van der Waals surface area contributed by atoms with Crippen LogP contribution >= 0.6 is 0 Å². The van der Waals surface area contributed by atoms with E-state index in [1.807, 2.05) is 19.9 Å². The molecule has 0 bridgehead atoms. The van der Waals surface area contributed by atoms with Crippen molar-refractivity contribution < 1.29 is 4.79 Å². The zero-order chi connectivity index (χ0) is 12.3. The molecule has 1 aromatic heterocycles. The van der Waals surface area contributed by atoms with Crippen LogP contribution in [0.5, 0.6) is 0 Å². The van der Waals surface area contributed by atoms with Gasteiger partial charge in [0, 0.05) is 23.7 Å². The van der Waals surface area contributed by atoms with Gasteiger partial charge in [-0.05, 0) is 39.3 Å². The summed E-state index contributed by atoms with van der Waals surface area (Å²) in [4.78, 5) is 15.8. The Morgan fingerprint density at radius 2 is 2.06 bits per heavy atom. The molecule has 0 aliphatic carbocycles. The number of aromatic nitrogens is 1. The summed E-state index contributed by atoms with van der Waals surface area (Å²) in [5.41, 5.74) is 1.68. The van der Waals surface area contributed by atoms with E-state index in [9.17, 15) is 4.79 Å². The van der Waals surface area contributed by atoms with Crippen LogP contribution in [-0.2, 0) is 0 Å². The van der Waals surface area contributed by atoms with Crippen molar-refractivity contribution >= 4 is 11.6 Å². The molecule has 1 aromatic rings. The fourth-order valence-corrected chi connectivity index (χ4v) is 1.42. The quantitative estimate of drug-likeness (QED) is 0.795. The number of carbonyl (C=O) groups is 1. The lowest BCUT2D eigenvalue weighted by Crippen LogP contribution is -2.27. The van der Waals surface area contributed by atoms with E-state index in [0.29, 0.717) is 12.0 Å². The number of nitrogens with zero attached hydrogens (tertiary/aromatic N) is 1.